The van der Waals surface area contributed by atoms with E-state index in [0.717, 1.165) is 44.6 Å². The fraction of sp³-hybridized carbons (Fsp3) is 0.480. The van der Waals surface area contributed by atoms with Gasteiger partial charge in [-0.3, -0.25) is 24.4 Å². The number of hydrogen-bond donors (Lipinski definition) is 5. The van der Waals surface area contributed by atoms with Crippen molar-refractivity contribution < 1.29 is 42.5 Å². The molecule has 0 heterocycles. The van der Waals surface area contributed by atoms with Crippen LogP contribution in [0.15, 0.2) is 42.5 Å². The van der Waals surface area contributed by atoms with E-state index in [2.05, 4.69) is 26.5 Å². The first-order valence-corrected chi connectivity index (χ1v) is 15.9. The first-order chi connectivity index (χ1) is 17.7. The van der Waals surface area contributed by atoms with Gasteiger partial charge in [-0.25, -0.2) is 9.13 Å². The summed E-state index contributed by atoms with van der Waals surface area (Å²) in [5.41, 5.74) is 1.34. The van der Waals surface area contributed by atoms with E-state index in [4.69, 9.17) is 21.4 Å². The van der Waals surface area contributed by atoms with Crippen LogP contribution in [0.2, 0.25) is 5.02 Å². The fourth-order valence-corrected chi connectivity index (χ4v) is 8.22. The Morgan fingerprint density at radius 1 is 0.921 bits per heavy atom. The number of phosphoric acid groups is 2. The van der Waals surface area contributed by atoms with Gasteiger partial charge in [-0.2, -0.15) is 0 Å². The second kappa shape index (κ2) is 9.93. The number of carbonyl (C=O) groups excluding carboxylic acids is 1. The van der Waals surface area contributed by atoms with E-state index in [9.17, 15) is 23.7 Å². The summed E-state index contributed by atoms with van der Waals surface area (Å²) in [4.78, 5) is 50.1. The Hall–Kier alpha value is -1.90. The van der Waals surface area contributed by atoms with Crippen molar-refractivity contribution in [2.75, 3.05) is 6.54 Å². The van der Waals surface area contributed by atoms with Crippen LogP contribution < -0.4 is 14.4 Å². The number of rotatable bonds is 9. The Morgan fingerprint density at radius 2 is 1.53 bits per heavy atom. The fourth-order valence-electron chi connectivity index (χ4n) is 7.29. The van der Waals surface area contributed by atoms with Crippen LogP contribution >= 0.6 is 27.2 Å². The van der Waals surface area contributed by atoms with Crippen molar-refractivity contribution in [1.82, 2.24) is 5.32 Å². The van der Waals surface area contributed by atoms with E-state index in [1.165, 1.54) is 17.7 Å². The number of amides is 1. The predicted octanol–water partition coefficient (Wildman–Crippen LogP) is 4.48. The van der Waals surface area contributed by atoms with Gasteiger partial charge in [-0.1, -0.05) is 29.8 Å². The van der Waals surface area contributed by atoms with Crippen LogP contribution in [-0.4, -0.2) is 32.0 Å². The van der Waals surface area contributed by atoms with Gasteiger partial charge in [0.05, 0.1) is 5.41 Å². The molecule has 5 N–H and O–H groups in total. The maximum absolute atomic E-state index is 13.6. The summed E-state index contributed by atoms with van der Waals surface area (Å²) in [6.45, 7) is 0.276. The standard InChI is InChI=1S/C25H30ClNO9P2/c26-20-4-2-19(3-5-20)24-11-17-9-18(12-24)14-25(13-17,15-24)23(28)27-8-7-16-1-6-21(35-37(29,30)31)22(10-16)36-38(32,33)34/h1-6,10,17-18H,7-9,11-15H2,(H,27,28)(H2,29,30,31)(H2,32,33,34). The van der Waals surface area contributed by atoms with E-state index in [1.807, 2.05) is 12.1 Å². The average molecular weight is 586 g/mol. The van der Waals surface area contributed by atoms with Gasteiger partial charge in [0.1, 0.15) is 0 Å². The lowest BCUT2D eigenvalue weighted by atomic mass is 9.42. The molecule has 0 aromatic heterocycles. The molecule has 206 valence electrons. The van der Waals surface area contributed by atoms with Crippen LogP contribution in [0.5, 0.6) is 11.5 Å². The van der Waals surface area contributed by atoms with Gasteiger partial charge in [-0.15, -0.1) is 0 Å². The third-order valence-corrected chi connectivity index (χ3v) is 9.26. The minimum absolute atomic E-state index is 0.0184. The second-order valence-electron chi connectivity index (χ2n) is 11.0. The van der Waals surface area contributed by atoms with Crippen LogP contribution in [0, 0.1) is 17.3 Å². The molecule has 0 saturated heterocycles. The van der Waals surface area contributed by atoms with Gasteiger partial charge in [-0.05, 0) is 97.6 Å². The lowest BCUT2D eigenvalue weighted by Gasteiger charge is -2.61. The molecule has 13 heteroatoms. The van der Waals surface area contributed by atoms with Crippen LogP contribution in [-0.2, 0) is 25.8 Å². The smallest absolute Gasteiger partial charge is 0.400 e. The molecule has 38 heavy (non-hydrogen) atoms. The largest absolute Gasteiger partial charge is 0.524 e. The van der Waals surface area contributed by atoms with Gasteiger partial charge >= 0.3 is 15.6 Å². The first-order valence-electron chi connectivity index (χ1n) is 12.4. The normalized spacial score (nSPS) is 28.2. The molecule has 4 fully saturated rings. The average Bonchev–Trinajstić information content (AvgIpc) is 2.78. The molecule has 1 amide bonds. The minimum atomic E-state index is -5.02. The zero-order valence-corrected chi connectivity index (χ0v) is 23.0. The number of halogens is 1. The molecule has 0 radical (unpaired) electrons. The Bertz CT molecular complexity index is 1310. The summed E-state index contributed by atoms with van der Waals surface area (Å²) in [7, 11) is -10.0. The van der Waals surface area contributed by atoms with Gasteiger partial charge in [0.15, 0.2) is 11.5 Å². The minimum Gasteiger partial charge on any atom is -0.400 e. The molecule has 2 aromatic carbocycles. The Morgan fingerprint density at radius 3 is 2.13 bits per heavy atom. The lowest BCUT2D eigenvalue weighted by Crippen LogP contribution is -2.59. The SMILES string of the molecule is O=C(NCCc1ccc(OP(=O)(O)O)c(OP(=O)(O)O)c1)C12CC3CC(C1)CC(c1ccc(Cl)cc1)(C3)C2. The van der Waals surface area contributed by atoms with Gasteiger partial charge in [0, 0.05) is 11.6 Å². The zero-order chi connectivity index (χ0) is 27.3. The molecule has 4 bridgehead atoms. The van der Waals surface area contributed by atoms with Crippen molar-refractivity contribution in [2.45, 2.75) is 50.4 Å². The van der Waals surface area contributed by atoms with Gasteiger partial charge < -0.3 is 14.4 Å². The molecular weight excluding hydrogens is 556 g/mol. The number of phosphoric ester groups is 2. The molecule has 0 spiro atoms. The third-order valence-electron chi connectivity index (χ3n) is 8.14. The Kier molecular flexibility index (Phi) is 7.23. The molecule has 4 aliphatic carbocycles. The molecule has 4 aliphatic rings. The van der Waals surface area contributed by atoms with Crippen molar-refractivity contribution in [3.05, 3.63) is 58.6 Å². The topological polar surface area (TPSA) is 163 Å². The summed E-state index contributed by atoms with van der Waals surface area (Å²) in [5.74, 6) is 0.0308. The van der Waals surface area contributed by atoms with Gasteiger partial charge in [0.2, 0.25) is 5.91 Å². The molecule has 2 atom stereocenters. The third kappa shape index (κ3) is 5.97. The summed E-state index contributed by atoms with van der Waals surface area (Å²) in [5, 5.41) is 3.77. The van der Waals surface area contributed by atoms with Crippen molar-refractivity contribution in [3.63, 3.8) is 0 Å². The molecule has 6 rings (SSSR count). The van der Waals surface area contributed by atoms with Crippen molar-refractivity contribution in [2.24, 2.45) is 17.3 Å². The van der Waals surface area contributed by atoms with Crippen LogP contribution in [0.25, 0.3) is 0 Å². The molecule has 4 saturated carbocycles. The highest BCUT2D eigenvalue weighted by molar-refractivity contribution is 7.47. The molecule has 10 nitrogen and oxygen atoms in total. The number of carbonyl (C=O) groups is 1. The number of benzene rings is 2. The van der Waals surface area contributed by atoms with Crippen LogP contribution in [0.3, 0.4) is 0 Å². The molecular formula is C25H30ClNO9P2. The summed E-state index contributed by atoms with van der Waals surface area (Å²) in [6, 6.07) is 11.9. The summed E-state index contributed by atoms with van der Waals surface area (Å²) < 4.78 is 31.6. The van der Waals surface area contributed by atoms with Crippen molar-refractivity contribution in [3.8, 4) is 11.5 Å². The molecule has 2 unspecified atom stereocenters. The highest BCUT2D eigenvalue weighted by Crippen LogP contribution is 2.65. The van der Waals surface area contributed by atoms with Crippen molar-refractivity contribution in [1.29, 1.82) is 0 Å². The van der Waals surface area contributed by atoms with E-state index < -0.39 is 32.6 Å². The van der Waals surface area contributed by atoms with Gasteiger partial charge in [0.25, 0.3) is 0 Å². The van der Waals surface area contributed by atoms with Crippen molar-refractivity contribution >= 4 is 33.2 Å². The quantitative estimate of drug-likeness (QED) is 0.267. The van der Waals surface area contributed by atoms with E-state index in [-0.39, 0.29) is 17.9 Å². The number of hydrogen-bond acceptors (Lipinski definition) is 5. The second-order valence-corrected chi connectivity index (χ2v) is 13.7. The van der Waals surface area contributed by atoms with E-state index >= 15 is 0 Å². The summed E-state index contributed by atoms with van der Waals surface area (Å²) >= 11 is 6.13. The molecule has 2 aromatic rings. The van der Waals surface area contributed by atoms with Crippen LogP contribution in [0.4, 0.5) is 0 Å². The first kappa shape index (κ1) is 27.7. The maximum Gasteiger partial charge on any atom is 0.524 e. The summed E-state index contributed by atoms with van der Waals surface area (Å²) in [6.07, 6.45) is 6.20. The van der Waals surface area contributed by atoms with E-state index in [1.54, 1.807) is 0 Å². The Labute approximate surface area is 225 Å². The predicted molar refractivity (Wildman–Crippen MR) is 139 cm³/mol. The highest BCUT2D eigenvalue weighted by atomic mass is 35.5. The maximum atomic E-state index is 13.6. The Balaban J connectivity index is 1.28. The lowest BCUT2D eigenvalue weighted by molar-refractivity contribution is -0.149. The number of nitrogens with one attached hydrogen (secondary N) is 1. The highest BCUT2D eigenvalue weighted by Gasteiger charge is 2.60. The molecule has 0 aliphatic heterocycles. The van der Waals surface area contributed by atoms with E-state index in [0.29, 0.717) is 28.8 Å². The monoisotopic (exact) mass is 585 g/mol. The zero-order valence-electron chi connectivity index (χ0n) is 20.5. The van der Waals surface area contributed by atoms with Crippen LogP contribution in [0.1, 0.15) is 49.7 Å².